The maximum absolute atomic E-state index is 12.3. The van der Waals surface area contributed by atoms with Gasteiger partial charge in [-0.15, -0.1) is 0 Å². The summed E-state index contributed by atoms with van der Waals surface area (Å²) in [6.07, 6.45) is 2.25. The van der Waals surface area contributed by atoms with Gasteiger partial charge in [0, 0.05) is 31.2 Å². The van der Waals surface area contributed by atoms with Crippen LogP contribution in [0.1, 0.15) is 47.0 Å². The maximum atomic E-state index is 12.3. The number of nitrogens with zero attached hydrogens (tertiary/aromatic N) is 1. The molecule has 2 unspecified atom stereocenters. The van der Waals surface area contributed by atoms with Crippen molar-refractivity contribution in [3.63, 3.8) is 0 Å². The number of rotatable bonds is 4. The van der Waals surface area contributed by atoms with Crippen LogP contribution < -0.4 is 5.32 Å². The van der Waals surface area contributed by atoms with Gasteiger partial charge in [0.2, 0.25) is 11.8 Å². The minimum atomic E-state index is -0.400. The summed E-state index contributed by atoms with van der Waals surface area (Å²) >= 11 is 0. The Labute approximate surface area is 121 Å². The van der Waals surface area contributed by atoms with E-state index in [9.17, 15) is 9.59 Å². The Morgan fingerprint density at radius 1 is 1.40 bits per heavy atom. The van der Waals surface area contributed by atoms with Gasteiger partial charge < -0.3 is 15.3 Å². The van der Waals surface area contributed by atoms with E-state index < -0.39 is 5.41 Å². The molecule has 0 saturated carbocycles. The molecule has 20 heavy (non-hydrogen) atoms. The van der Waals surface area contributed by atoms with Crippen LogP contribution in [0.3, 0.4) is 0 Å². The molecule has 116 valence electrons. The molecular formula is C15H28N2O3. The van der Waals surface area contributed by atoms with Crippen molar-refractivity contribution in [3.05, 3.63) is 0 Å². The molecule has 1 fully saturated rings. The fraction of sp³-hybridized carbons (Fsp3) is 0.867. The largest absolute Gasteiger partial charge is 0.396 e. The van der Waals surface area contributed by atoms with E-state index in [0.717, 1.165) is 19.4 Å². The molecular weight excluding hydrogens is 256 g/mol. The first kappa shape index (κ1) is 17.0. The minimum absolute atomic E-state index is 0.00245. The van der Waals surface area contributed by atoms with Gasteiger partial charge in [-0.2, -0.15) is 0 Å². The van der Waals surface area contributed by atoms with Gasteiger partial charge in [-0.05, 0) is 26.2 Å². The Morgan fingerprint density at radius 3 is 2.60 bits per heavy atom. The number of hydrogen-bond acceptors (Lipinski definition) is 3. The number of amides is 2. The summed E-state index contributed by atoms with van der Waals surface area (Å²) in [5, 5.41) is 11.8. The third kappa shape index (κ3) is 4.78. The quantitative estimate of drug-likeness (QED) is 0.814. The molecule has 0 aromatic heterocycles. The monoisotopic (exact) mass is 284 g/mol. The second-order valence-corrected chi connectivity index (χ2v) is 6.76. The molecule has 0 bridgehead atoms. The topological polar surface area (TPSA) is 69.6 Å². The minimum Gasteiger partial charge on any atom is -0.396 e. The number of carbonyl (C=O) groups excluding carboxylic acids is 2. The van der Waals surface area contributed by atoms with Crippen LogP contribution in [-0.2, 0) is 9.59 Å². The SMILES string of the molecule is CC(CCO)NC(=O)C1CCCN(C(=O)C(C)(C)C)C1. The molecule has 0 radical (unpaired) electrons. The second kappa shape index (κ2) is 7.07. The lowest BCUT2D eigenvalue weighted by atomic mass is 9.91. The summed E-state index contributed by atoms with van der Waals surface area (Å²) in [5.41, 5.74) is -0.400. The molecule has 5 nitrogen and oxygen atoms in total. The zero-order chi connectivity index (χ0) is 15.3. The van der Waals surface area contributed by atoms with Crippen molar-refractivity contribution in [3.8, 4) is 0 Å². The third-order valence-electron chi connectivity index (χ3n) is 3.67. The maximum Gasteiger partial charge on any atom is 0.227 e. The van der Waals surface area contributed by atoms with E-state index in [1.165, 1.54) is 0 Å². The van der Waals surface area contributed by atoms with Crippen LogP contribution in [0, 0.1) is 11.3 Å². The van der Waals surface area contributed by atoms with Crippen LogP contribution in [0.2, 0.25) is 0 Å². The van der Waals surface area contributed by atoms with Gasteiger partial charge in [-0.3, -0.25) is 9.59 Å². The van der Waals surface area contributed by atoms with Crippen LogP contribution in [-0.4, -0.2) is 47.6 Å². The lowest BCUT2D eigenvalue weighted by Crippen LogP contribution is -2.49. The van der Waals surface area contributed by atoms with E-state index in [0.29, 0.717) is 13.0 Å². The average molecular weight is 284 g/mol. The number of hydrogen-bond donors (Lipinski definition) is 2. The molecule has 0 spiro atoms. The number of carbonyl (C=O) groups is 2. The predicted octanol–water partition coefficient (Wildman–Crippen LogP) is 1.16. The van der Waals surface area contributed by atoms with Gasteiger partial charge in [0.05, 0.1) is 5.92 Å². The molecule has 0 aromatic rings. The molecule has 1 aliphatic heterocycles. The van der Waals surface area contributed by atoms with Crippen LogP contribution in [0.4, 0.5) is 0 Å². The van der Waals surface area contributed by atoms with Crippen molar-refractivity contribution in [2.24, 2.45) is 11.3 Å². The Bertz CT molecular complexity index is 350. The molecule has 2 N–H and O–H groups in total. The number of aliphatic hydroxyl groups excluding tert-OH is 1. The Balaban J connectivity index is 2.56. The number of piperidine rings is 1. The Kier molecular flexibility index (Phi) is 5.99. The van der Waals surface area contributed by atoms with Gasteiger partial charge in [-0.1, -0.05) is 20.8 Å². The molecule has 1 saturated heterocycles. The molecule has 2 amide bonds. The van der Waals surface area contributed by atoms with E-state index in [-0.39, 0.29) is 30.4 Å². The molecule has 0 aromatic carbocycles. The van der Waals surface area contributed by atoms with Gasteiger partial charge in [0.25, 0.3) is 0 Å². The summed E-state index contributed by atoms with van der Waals surface area (Å²) in [5.74, 6) is -0.0213. The van der Waals surface area contributed by atoms with Gasteiger partial charge in [-0.25, -0.2) is 0 Å². The summed E-state index contributed by atoms with van der Waals surface area (Å²) < 4.78 is 0. The number of likely N-dealkylation sites (tertiary alicyclic amines) is 1. The van der Waals surface area contributed by atoms with Crippen LogP contribution >= 0.6 is 0 Å². The van der Waals surface area contributed by atoms with Gasteiger partial charge in [0.15, 0.2) is 0 Å². The van der Waals surface area contributed by atoms with E-state index in [1.807, 2.05) is 32.6 Å². The highest BCUT2D eigenvalue weighted by Crippen LogP contribution is 2.23. The van der Waals surface area contributed by atoms with E-state index in [4.69, 9.17) is 5.11 Å². The van der Waals surface area contributed by atoms with Crippen molar-refractivity contribution in [2.75, 3.05) is 19.7 Å². The van der Waals surface area contributed by atoms with Crippen molar-refractivity contribution >= 4 is 11.8 Å². The Morgan fingerprint density at radius 2 is 2.05 bits per heavy atom. The first-order valence-electron chi connectivity index (χ1n) is 7.46. The van der Waals surface area contributed by atoms with Crippen LogP contribution in [0.5, 0.6) is 0 Å². The molecule has 1 aliphatic rings. The molecule has 1 heterocycles. The fourth-order valence-corrected chi connectivity index (χ4v) is 2.48. The lowest BCUT2D eigenvalue weighted by molar-refractivity contribution is -0.142. The summed E-state index contributed by atoms with van der Waals surface area (Å²) in [6, 6.07) is -0.0267. The first-order valence-corrected chi connectivity index (χ1v) is 7.46. The van der Waals surface area contributed by atoms with Crippen LogP contribution in [0.15, 0.2) is 0 Å². The van der Waals surface area contributed by atoms with E-state index in [2.05, 4.69) is 5.32 Å². The zero-order valence-corrected chi connectivity index (χ0v) is 13.1. The van der Waals surface area contributed by atoms with E-state index >= 15 is 0 Å². The van der Waals surface area contributed by atoms with Crippen molar-refractivity contribution in [2.45, 2.75) is 53.0 Å². The lowest BCUT2D eigenvalue weighted by Gasteiger charge is -2.36. The van der Waals surface area contributed by atoms with Crippen molar-refractivity contribution in [1.82, 2.24) is 10.2 Å². The zero-order valence-electron chi connectivity index (χ0n) is 13.1. The van der Waals surface area contributed by atoms with Gasteiger partial charge >= 0.3 is 0 Å². The number of nitrogens with one attached hydrogen (secondary N) is 1. The molecule has 1 rings (SSSR count). The Hall–Kier alpha value is -1.10. The molecule has 5 heteroatoms. The standard InChI is InChI=1S/C15H28N2O3/c1-11(7-9-18)16-13(19)12-6-5-8-17(10-12)14(20)15(2,3)4/h11-12,18H,5-10H2,1-4H3,(H,16,19). The highest BCUT2D eigenvalue weighted by Gasteiger charge is 2.33. The van der Waals surface area contributed by atoms with Gasteiger partial charge in [0.1, 0.15) is 0 Å². The van der Waals surface area contributed by atoms with Crippen LogP contribution in [0.25, 0.3) is 0 Å². The van der Waals surface area contributed by atoms with Crippen molar-refractivity contribution < 1.29 is 14.7 Å². The predicted molar refractivity (Wildman–Crippen MR) is 78.1 cm³/mol. The summed E-state index contributed by atoms with van der Waals surface area (Å²) in [4.78, 5) is 26.3. The smallest absolute Gasteiger partial charge is 0.227 e. The normalized spacial score (nSPS) is 21.4. The highest BCUT2D eigenvalue weighted by molar-refractivity contribution is 5.84. The summed E-state index contributed by atoms with van der Waals surface area (Å²) in [6.45, 7) is 8.92. The molecule has 2 atom stereocenters. The highest BCUT2D eigenvalue weighted by atomic mass is 16.3. The fourth-order valence-electron chi connectivity index (χ4n) is 2.48. The van der Waals surface area contributed by atoms with Crippen molar-refractivity contribution in [1.29, 1.82) is 0 Å². The first-order chi connectivity index (χ1) is 9.25. The second-order valence-electron chi connectivity index (χ2n) is 6.76. The average Bonchev–Trinajstić information content (AvgIpc) is 2.37. The third-order valence-corrected chi connectivity index (χ3v) is 3.67. The molecule has 0 aliphatic carbocycles. The number of aliphatic hydroxyl groups is 1. The summed E-state index contributed by atoms with van der Waals surface area (Å²) in [7, 11) is 0. The van der Waals surface area contributed by atoms with E-state index in [1.54, 1.807) is 0 Å².